The highest BCUT2D eigenvalue weighted by Crippen LogP contribution is 2.31. The molecule has 2 aromatic heterocycles. The van der Waals surface area contributed by atoms with Gasteiger partial charge < -0.3 is 9.15 Å². The summed E-state index contributed by atoms with van der Waals surface area (Å²) in [7, 11) is 1.28. The molecule has 0 saturated carbocycles. The quantitative estimate of drug-likeness (QED) is 0.527. The molecule has 0 fully saturated rings. The third-order valence-electron chi connectivity index (χ3n) is 2.88. The molecule has 7 heteroatoms. The van der Waals surface area contributed by atoms with Crippen molar-refractivity contribution < 1.29 is 13.9 Å². The van der Waals surface area contributed by atoms with Gasteiger partial charge in [-0.3, -0.25) is 0 Å². The second kappa shape index (κ2) is 5.35. The molecule has 2 heterocycles. The van der Waals surface area contributed by atoms with Gasteiger partial charge in [0.2, 0.25) is 5.89 Å². The number of hydrogen-bond donors (Lipinski definition) is 0. The molecule has 0 radical (unpaired) electrons. The van der Waals surface area contributed by atoms with Crippen molar-refractivity contribution in [2.75, 3.05) is 7.11 Å². The van der Waals surface area contributed by atoms with Crippen LogP contribution in [0.2, 0.25) is 10.2 Å². The van der Waals surface area contributed by atoms with Gasteiger partial charge in [0.05, 0.1) is 23.3 Å². The molecule has 0 amide bonds. The van der Waals surface area contributed by atoms with E-state index in [0.29, 0.717) is 21.7 Å². The number of para-hydroxylation sites is 1. The van der Waals surface area contributed by atoms with Crippen molar-refractivity contribution >= 4 is 40.3 Å². The van der Waals surface area contributed by atoms with Crippen LogP contribution < -0.4 is 0 Å². The Balaban J connectivity index is 2.23. The monoisotopic (exact) mass is 322 g/mol. The van der Waals surface area contributed by atoms with Crippen LogP contribution in [-0.4, -0.2) is 23.0 Å². The van der Waals surface area contributed by atoms with E-state index >= 15 is 0 Å². The molecule has 0 spiro atoms. The van der Waals surface area contributed by atoms with Crippen molar-refractivity contribution in [3.8, 4) is 11.5 Å². The van der Waals surface area contributed by atoms with Gasteiger partial charge in [0, 0.05) is 6.20 Å². The molecule has 0 bridgehead atoms. The molecule has 0 N–H and O–H groups in total. The van der Waals surface area contributed by atoms with Crippen molar-refractivity contribution in [3.05, 3.63) is 46.2 Å². The van der Waals surface area contributed by atoms with Crippen LogP contribution in [-0.2, 0) is 4.74 Å². The molecule has 0 saturated heterocycles. The molecule has 0 atom stereocenters. The van der Waals surface area contributed by atoms with Crippen LogP contribution in [0.1, 0.15) is 10.4 Å². The van der Waals surface area contributed by atoms with E-state index in [-0.39, 0.29) is 16.6 Å². The molecule has 21 heavy (non-hydrogen) atoms. The predicted octanol–water partition coefficient (Wildman–Crippen LogP) is 3.98. The van der Waals surface area contributed by atoms with Crippen molar-refractivity contribution in [2.45, 2.75) is 0 Å². The van der Waals surface area contributed by atoms with Gasteiger partial charge in [-0.2, -0.15) is 0 Å². The number of aromatic nitrogens is 2. The number of hydrogen-bond acceptors (Lipinski definition) is 5. The highest BCUT2D eigenvalue weighted by atomic mass is 35.5. The first-order valence-electron chi connectivity index (χ1n) is 5.89. The zero-order valence-corrected chi connectivity index (χ0v) is 12.3. The third-order valence-corrected chi connectivity index (χ3v) is 3.39. The molecule has 3 rings (SSSR count). The second-order valence-electron chi connectivity index (χ2n) is 4.15. The lowest BCUT2D eigenvalue weighted by Gasteiger charge is -2.04. The SMILES string of the molecule is COC(=O)c1cc(Cl)ncc1-c1nc2c(Cl)cccc2o1. The number of halogens is 2. The Bertz CT molecular complexity index is 845. The molecular weight excluding hydrogens is 315 g/mol. The summed E-state index contributed by atoms with van der Waals surface area (Å²) in [6.07, 6.45) is 1.41. The van der Waals surface area contributed by atoms with Crippen molar-refractivity contribution in [1.82, 2.24) is 9.97 Å². The van der Waals surface area contributed by atoms with Crippen LogP contribution in [0, 0.1) is 0 Å². The number of rotatable bonds is 2. The first-order valence-corrected chi connectivity index (χ1v) is 6.65. The number of carbonyl (C=O) groups is 1. The number of methoxy groups -OCH3 is 1. The number of esters is 1. The maximum absolute atomic E-state index is 11.8. The van der Waals surface area contributed by atoms with Crippen LogP contribution in [0.4, 0.5) is 0 Å². The van der Waals surface area contributed by atoms with E-state index in [0.717, 1.165) is 0 Å². The summed E-state index contributed by atoms with van der Waals surface area (Å²) < 4.78 is 10.4. The molecule has 5 nitrogen and oxygen atoms in total. The summed E-state index contributed by atoms with van der Waals surface area (Å²) >= 11 is 11.9. The molecule has 0 aliphatic rings. The fourth-order valence-corrected chi connectivity index (χ4v) is 2.28. The van der Waals surface area contributed by atoms with Crippen molar-refractivity contribution in [3.63, 3.8) is 0 Å². The molecule has 106 valence electrons. The van der Waals surface area contributed by atoms with Gasteiger partial charge >= 0.3 is 5.97 Å². The first kappa shape index (κ1) is 13.9. The largest absolute Gasteiger partial charge is 0.465 e. The molecule has 3 aromatic rings. The summed E-state index contributed by atoms with van der Waals surface area (Å²) in [5.74, 6) is -0.328. The number of oxazole rings is 1. The zero-order valence-electron chi connectivity index (χ0n) is 10.8. The fraction of sp³-hybridized carbons (Fsp3) is 0.0714. The number of nitrogens with zero attached hydrogens (tertiary/aromatic N) is 2. The van der Waals surface area contributed by atoms with E-state index in [1.54, 1.807) is 18.2 Å². The minimum atomic E-state index is -0.553. The van der Waals surface area contributed by atoms with Crippen molar-refractivity contribution in [1.29, 1.82) is 0 Å². The van der Waals surface area contributed by atoms with Gasteiger partial charge in [0.15, 0.2) is 5.58 Å². The molecule has 0 aliphatic carbocycles. The minimum absolute atomic E-state index is 0.174. The summed E-state index contributed by atoms with van der Waals surface area (Å²) in [5.41, 5.74) is 1.64. The molecule has 0 aliphatic heterocycles. The Kier molecular flexibility index (Phi) is 3.53. The van der Waals surface area contributed by atoms with Crippen LogP contribution in [0.5, 0.6) is 0 Å². The lowest BCUT2D eigenvalue weighted by Crippen LogP contribution is -2.04. The highest BCUT2D eigenvalue weighted by molar-refractivity contribution is 6.34. The average Bonchev–Trinajstić information content (AvgIpc) is 2.91. The molecular formula is C14H8Cl2N2O3. The van der Waals surface area contributed by atoms with Crippen LogP contribution in [0.15, 0.2) is 34.9 Å². The maximum Gasteiger partial charge on any atom is 0.338 e. The van der Waals surface area contributed by atoms with E-state index in [2.05, 4.69) is 9.97 Å². The van der Waals surface area contributed by atoms with Crippen molar-refractivity contribution in [2.24, 2.45) is 0 Å². The lowest BCUT2D eigenvalue weighted by atomic mass is 10.1. The average molecular weight is 323 g/mol. The maximum atomic E-state index is 11.8. The van der Waals surface area contributed by atoms with E-state index in [4.69, 9.17) is 32.4 Å². The summed E-state index contributed by atoms with van der Waals surface area (Å²) in [4.78, 5) is 20.1. The van der Waals surface area contributed by atoms with Gasteiger partial charge in [0.25, 0.3) is 0 Å². The van der Waals surface area contributed by atoms with E-state index < -0.39 is 5.97 Å². The van der Waals surface area contributed by atoms with Gasteiger partial charge in [-0.25, -0.2) is 14.8 Å². The summed E-state index contributed by atoms with van der Waals surface area (Å²) in [5, 5.41) is 0.636. The number of benzene rings is 1. The Hall–Kier alpha value is -2.11. The van der Waals surface area contributed by atoms with Crippen LogP contribution >= 0.6 is 23.2 Å². The van der Waals surface area contributed by atoms with E-state index in [9.17, 15) is 4.79 Å². The van der Waals surface area contributed by atoms with Gasteiger partial charge in [0.1, 0.15) is 10.7 Å². The number of ether oxygens (including phenoxy) is 1. The Morgan fingerprint density at radius 2 is 2.14 bits per heavy atom. The molecule has 1 aromatic carbocycles. The molecule has 0 unspecified atom stereocenters. The van der Waals surface area contributed by atoms with Gasteiger partial charge in [-0.1, -0.05) is 29.3 Å². The predicted molar refractivity (Wildman–Crippen MR) is 78.6 cm³/mol. The second-order valence-corrected chi connectivity index (χ2v) is 4.94. The number of carbonyl (C=O) groups excluding carboxylic acids is 1. The van der Waals surface area contributed by atoms with Crippen LogP contribution in [0.3, 0.4) is 0 Å². The van der Waals surface area contributed by atoms with E-state index in [1.165, 1.54) is 19.4 Å². The lowest BCUT2D eigenvalue weighted by molar-refractivity contribution is 0.0601. The van der Waals surface area contributed by atoms with Crippen LogP contribution in [0.25, 0.3) is 22.6 Å². The Morgan fingerprint density at radius 1 is 1.33 bits per heavy atom. The smallest absolute Gasteiger partial charge is 0.338 e. The van der Waals surface area contributed by atoms with E-state index in [1.807, 2.05) is 0 Å². The fourth-order valence-electron chi connectivity index (χ4n) is 1.91. The third kappa shape index (κ3) is 2.46. The van der Waals surface area contributed by atoms with Gasteiger partial charge in [-0.05, 0) is 18.2 Å². The zero-order chi connectivity index (χ0) is 15.0. The standard InChI is InChI=1S/C14H8Cl2N2O3/c1-20-14(19)7-5-11(16)17-6-8(7)13-18-12-9(15)3-2-4-10(12)21-13/h2-6H,1H3. The van der Waals surface area contributed by atoms with Gasteiger partial charge in [-0.15, -0.1) is 0 Å². The normalized spacial score (nSPS) is 10.8. The summed E-state index contributed by atoms with van der Waals surface area (Å²) in [6.45, 7) is 0. The topological polar surface area (TPSA) is 65.2 Å². The Morgan fingerprint density at radius 3 is 2.86 bits per heavy atom. The highest BCUT2D eigenvalue weighted by Gasteiger charge is 2.19. The Labute approximate surface area is 129 Å². The minimum Gasteiger partial charge on any atom is -0.465 e. The number of pyridine rings is 1. The number of fused-ring (bicyclic) bond motifs is 1. The summed E-state index contributed by atoms with van der Waals surface area (Å²) in [6, 6.07) is 6.59. The first-order chi connectivity index (χ1) is 10.1.